The Morgan fingerprint density at radius 2 is 2.19 bits per heavy atom. The van der Waals surface area contributed by atoms with Crippen LogP contribution >= 0.6 is 0 Å². The lowest BCUT2D eigenvalue weighted by atomic mass is 10.00. The molecule has 0 saturated carbocycles. The van der Waals surface area contributed by atoms with Crippen molar-refractivity contribution in [3.8, 4) is 11.4 Å². The summed E-state index contributed by atoms with van der Waals surface area (Å²) in [5, 5.41) is 3.57. The van der Waals surface area contributed by atoms with Crippen molar-refractivity contribution >= 4 is 11.7 Å². The quantitative estimate of drug-likeness (QED) is 0.893. The van der Waals surface area contributed by atoms with E-state index in [4.69, 9.17) is 14.7 Å². The van der Waals surface area contributed by atoms with Crippen LogP contribution < -0.4 is 5.32 Å². The van der Waals surface area contributed by atoms with E-state index in [1.807, 2.05) is 17.0 Å². The molecule has 0 bridgehead atoms. The average molecular weight is 367 g/mol. The number of nitrogens with zero attached hydrogens (tertiary/aromatic N) is 4. The minimum Gasteiger partial charge on any atom is -0.381 e. The van der Waals surface area contributed by atoms with Gasteiger partial charge in [-0.3, -0.25) is 9.78 Å². The first kappa shape index (κ1) is 17.9. The lowest BCUT2D eigenvalue weighted by molar-refractivity contribution is -0.129. The average Bonchev–Trinajstić information content (AvgIpc) is 2.72. The molecule has 4 heterocycles. The number of amides is 1. The standard InChI is InChI=1S/C20H25N5O2/c1-14(26)25-8-4-17-18(13-25)23-19(16-3-2-7-21-12-16)24-20(17)22-11-15-5-9-27-10-6-15/h2-3,7,12,15H,4-6,8-11,13H2,1H3,(H,22,23,24). The van der Waals surface area contributed by atoms with Gasteiger partial charge in [0.05, 0.1) is 12.2 Å². The number of fused-ring (bicyclic) bond motifs is 1. The minimum atomic E-state index is 0.0823. The predicted molar refractivity (Wildman–Crippen MR) is 102 cm³/mol. The zero-order chi connectivity index (χ0) is 18.6. The van der Waals surface area contributed by atoms with Crippen LogP contribution in [0.4, 0.5) is 5.82 Å². The van der Waals surface area contributed by atoms with Gasteiger partial charge >= 0.3 is 0 Å². The molecule has 142 valence electrons. The molecule has 0 radical (unpaired) electrons. The summed E-state index contributed by atoms with van der Waals surface area (Å²) in [6, 6.07) is 3.84. The van der Waals surface area contributed by atoms with E-state index in [9.17, 15) is 4.79 Å². The van der Waals surface area contributed by atoms with Crippen LogP contribution in [0.3, 0.4) is 0 Å². The molecule has 2 aromatic heterocycles. The molecule has 2 aliphatic heterocycles. The van der Waals surface area contributed by atoms with E-state index in [0.29, 0.717) is 24.8 Å². The van der Waals surface area contributed by atoms with Gasteiger partial charge in [-0.25, -0.2) is 9.97 Å². The van der Waals surface area contributed by atoms with Crippen molar-refractivity contribution in [2.75, 3.05) is 31.6 Å². The van der Waals surface area contributed by atoms with E-state index in [-0.39, 0.29) is 5.91 Å². The van der Waals surface area contributed by atoms with Gasteiger partial charge in [-0.15, -0.1) is 0 Å². The second-order valence-electron chi connectivity index (χ2n) is 7.19. The normalized spacial score (nSPS) is 17.4. The molecule has 2 aliphatic rings. The van der Waals surface area contributed by atoms with Crippen molar-refractivity contribution in [1.82, 2.24) is 19.9 Å². The zero-order valence-corrected chi connectivity index (χ0v) is 15.6. The summed E-state index contributed by atoms with van der Waals surface area (Å²) >= 11 is 0. The smallest absolute Gasteiger partial charge is 0.219 e. The Morgan fingerprint density at radius 1 is 1.33 bits per heavy atom. The van der Waals surface area contributed by atoms with Gasteiger partial charge < -0.3 is 15.0 Å². The maximum absolute atomic E-state index is 11.8. The molecule has 1 N–H and O–H groups in total. The molecule has 2 aromatic rings. The number of carbonyl (C=O) groups excluding carboxylic acids is 1. The lowest BCUT2D eigenvalue weighted by Gasteiger charge is -2.29. The summed E-state index contributed by atoms with van der Waals surface area (Å²) in [6.07, 6.45) is 6.44. The van der Waals surface area contributed by atoms with E-state index in [2.05, 4.69) is 10.3 Å². The Morgan fingerprint density at radius 3 is 2.93 bits per heavy atom. The number of carbonyl (C=O) groups is 1. The molecule has 0 atom stereocenters. The van der Waals surface area contributed by atoms with Crippen LogP contribution in [0.1, 0.15) is 31.0 Å². The SMILES string of the molecule is CC(=O)N1CCc2c(nc(-c3cccnc3)nc2NCC2CCOCC2)C1. The van der Waals surface area contributed by atoms with E-state index in [1.54, 1.807) is 19.3 Å². The van der Waals surface area contributed by atoms with Crippen molar-refractivity contribution in [1.29, 1.82) is 0 Å². The fraction of sp³-hybridized carbons (Fsp3) is 0.500. The van der Waals surface area contributed by atoms with Crippen molar-refractivity contribution in [2.45, 2.75) is 32.7 Å². The Balaban J connectivity index is 1.63. The van der Waals surface area contributed by atoms with Crippen molar-refractivity contribution in [3.05, 3.63) is 35.8 Å². The molecular formula is C20H25N5O2. The van der Waals surface area contributed by atoms with Gasteiger partial charge in [-0.1, -0.05) is 0 Å². The number of ether oxygens (including phenoxy) is 1. The Labute approximate surface area is 159 Å². The molecule has 0 unspecified atom stereocenters. The fourth-order valence-corrected chi connectivity index (χ4v) is 3.66. The molecule has 1 saturated heterocycles. The first-order chi connectivity index (χ1) is 13.2. The number of anilines is 1. The summed E-state index contributed by atoms with van der Waals surface area (Å²) < 4.78 is 5.46. The lowest BCUT2D eigenvalue weighted by Crippen LogP contribution is -2.35. The molecular weight excluding hydrogens is 342 g/mol. The Kier molecular flexibility index (Phi) is 5.29. The third-order valence-corrected chi connectivity index (χ3v) is 5.33. The monoisotopic (exact) mass is 367 g/mol. The summed E-state index contributed by atoms with van der Waals surface area (Å²) in [4.78, 5) is 27.4. The van der Waals surface area contributed by atoms with Gasteiger partial charge in [0.25, 0.3) is 0 Å². The molecule has 4 rings (SSSR count). The maximum Gasteiger partial charge on any atom is 0.219 e. The molecule has 0 aliphatic carbocycles. The fourth-order valence-electron chi connectivity index (χ4n) is 3.66. The molecule has 1 amide bonds. The second kappa shape index (κ2) is 8.00. The molecule has 7 heteroatoms. The van der Waals surface area contributed by atoms with Crippen LogP contribution in [0.15, 0.2) is 24.5 Å². The van der Waals surface area contributed by atoms with Crippen LogP contribution in [0.5, 0.6) is 0 Å². The first-order valence-corrected chi connectivity index (χ1v) is 9.58. The largest absolute Gasteiger partial charge is 0.381 e. The van der Waals surface area contributed by atoms with Crippen LogP contribution in [-0.4, -0.2) is 52.1 Å². The second-order valence-corrected chi connectivity index (χ2v) is 7.19. The number of pyridine rings is 1. The van der Waals surface area contributed by atoms with Crippen molar-refractivity contribution < 1.29 is 9.53 Å². The molecule has 1 fully saturated rings. The molecule has 27 heavy (non-hydrogen) atoms. The number of hydrogen-bond donors (Lipinski definition) is 1. The third-order valence-electron chi connectivity index (χ3n) is 5.33. The van der Waals surface area contributed by atoms with Gasteiger partial charge in [-0.2, -0.15) is 0 Å². The molecule has 0 aromatic carbocycles. The Hall–Kier alpha value is -2.54. The van der Waals surface area contributed by atoms with Gasteiger partial charge in [0, 0.05) is 56.7 Å². The summed E-state index contributed by atoms with van der Waals surface area (Å²) in [5.41, 5.74) is 2.95. The van der Waals surface area contributed by atoms with E-state index in [1.165, 1.54) is 0 Å². The summed E-state index contributed by atoms with van der Waals surface area (Å²) in [6.45, 7) is 5.41. The number of rotatable bonds is 4. The number of nitrogens with one attached hydrogen (secondary N) is 1. The van der Waals surface area contributed by atoms with Gasteiger partial charge in [0.1, 0.15) is 5.82 Å². The maximum atomic E-state index is 11.8. The van der Waals surface area contributed by atoms with Crippen molar-refractivity contribution in [2.24, 2.45) is 5.92 Å². The first-order valence-electron chi connectivity index (χ1n) is 9.58. The van der Waals surface area contributed by atoms with Crippen LogP contribution in [0.2, 0.25) is 0 Å². The van der Waals surface area contributed by atoms with Crippen LogP contribution in [0, 0.1) is 5.92 Å². The highest BCUT2D eigenvalue weighted by Gasteiger charge is 2.24. The molecule has 0 spiro atoms. The van der Waals surface area contributed by atoms with E-state index >= 15 is 0 Å². The summed E-state index contributed by atoms with van der Waals surface area (Å²) in [7, 11) is 0. The minimum absolute atomic E-state index is 0.0823. The highest BCUT2D eigenvalue weighted by molar-refractivity contribution is 5.74. The summed E-state index contributed by atoms with van der Waals surface area (Å²) in [5.74, 6) is 2.23. The topological polar surface area (TPSA) is 80.2 Å². The number of aromatic nitrogens is 3. The third kappa shape index (κ3) is 4.08. The number of hydrogen-bond acceptors (Lipinski definition) is 6. The Bertz CT molecular complexity index is 806. The van der Waals surface area contributed by atoms with Gasteiger partial charge in [0.2, 0.25) is 5.91 Å². The highest BCUT2D eigenvalue weighted by Crippen LogP contribution is 2.27. The van der Waals surface area contributed by atoms with Crippen molar-refractivity contribution in [3.63, 3.8) is 0 Å². The molecule has 7 nitrogen and oxygen atoms in total. The van der Waals surface area contributed by atoms with Crippen LogP contribution in [0.25, 0.3) is 11.4 Å². The van der Waals surface area contributed by atoms with Gasteiger partial charge in [-0.05, 0) is 37.3 Å². The van der Waals surface area contributed by atoms with E-state index in [0.717, 1.165) is 61.7 Å². The van der Waals surface area contributed by atoms with E-state index < -0.39 is 0 Å². The predicted octanol–water partition coefficient (Wildman–Crippen LogP) is 2.28. The van der Waals surface area contributed by atoms with Gasteiger partial charge in [0.15, 0.2) is 5.82 Å². The highest BCUT2D eigenvalue weighted by atomic mass is 16.5. The van der Waals surface area contributed by atoms with Crippen LogP contribution in [-0.2, 0) is 22.5 Å². The zero-order valence-electron chi connectivity index (χ0n) is 15.6.